The summed E-state index contributed by atoms with van der Waals surface area (Å²) in [5.41, 5.74) is 12.9. The third kappa shape index (κ3) is 4.94. The van der Waals surface area contributed by atoms with E-state index in [9.17, 15) is 0 Å². The minimum absolute atomic E-state index is 0.279. The van der Waals surface area contributed by atoms with Crippen molar-refractivity contribution in [2.24, 2.45) is 0 Å². The second-order valence-corrected chi connectivity index (χ2v) is 13.7. The summed E-state index contributed by atoms with van der Waals surface area (Å²) in [6, 6.07) is 63.3. The summed E-state index contributed by atoms with van der Waals surface area (Å²) < 4.78 is 19.3. The number of rotatable bonds is 6. The highest BCUT2D eigenvalue weighted by molar-refractivity contribution is 6.14. The normalized spacial score (nSPS) is 13.7. The molecule has 1 atom stereocenters. The number of nitrogens with zero attached hydrogens (tertiary/aromatic N) is 1. The zero-order valence-corrected chi connectivity index (χ0v) is 29.1. The van der Waals surface area contributed by atoms with Crippen LogP contribution < -0.4 is 15.0 Å². The van der Waals surface area contributed by atoms with Gasteiger partial charge in [-0.05, 0) is 77.4 Å². The largest absolute Gasteiger partial charge is 0.464 e. The predicted octanol–water partition coefficient (Wildman–Crippen LogP) is 13.8. The Bertz CT molecular complexity index is 3000. The highest BCUT2D eigenvalue weighted by Gasteiger charge is 2.28. The van der Waals surface area contributed by atoms with Crippen LogP contribution in [0.2, 0.25) is 0 Å². The lowest BCUT2D eigenvalue weighted by Crippen LogP contribution is -2.10. The van der Waals surface area contributed by atoms with Crippen molar-refractivity contribution < 1.29 is 13.6 Å². The summed E-state index contributed by atoms with van der Waals surface area (Å²) in [6.45, 7) is 0. The van der Waals surface area contributed by atoms with E-state index >= 15 is 0 Å². The van der Waals surface area contributed by atoms with Crippen molar-refractivity contribution in [3.05, 3.63) is 188 Å². The van der Waals surface area contributed by atoms with Gasteiger partial charge in [-0.1, -0.05) is 121 Å². The number of furan rings is 2. The van der Waals surface area contributed by atoms with Gasteiger partial charge in [0.05, 0.1) is 11.1 Å². The Kier molecular flexibility index (Phi) is 6.85. The van der Waals surface area contributed by atoms with Gasteiger partial charge < -0.3 is 23.8 Å². The van der Waals surface area contributed by atoms with E-state index in [1.54, 1.807) is 0 Å². The Morgan fingerprint density at radius 2 is 1.11 bits per heavy atom. The second-order valence-electron chi connectivity index (χ2n) is 13.7. The van der Waals surface area contributed by atoms with Gasteiger partial charge in [0.1, 0.15) is 28.1 Å². The minimum atomic E-state index is -0.279. The summed E-state index contributed by atoms with van der Waals surface area (Å²) in [5, 5.41) is 7.90. The van der Waals surface area contributed by atoms with Crippen molar-refractivity contribution >= 4 is 66.6 Å². The summed E-state index contributed by atoms with van der Waals surface area (Å²) in [6.07, 6.45) is -0.279. The molecule has 0 aliphatic carbocycles. The van der Waals surface area contributed by atoms with Gasteiger partial charge in [-0.15, -0.1) is 0 Å². The summed E-state index contributed by atoms with van der Waals surface area (Å²) >= 11 is 0. The lowest BCUT2D eigenvalue weighted by Gasteiger charge is -2.26. The van der Waals surface area contributed by atoms with Crippen LogP contribution in [0.4, 0.5) is 22.7 Å². The SMILES string of the molecule is c1ccc(-c2ccc(N(c3cccc(-c4cccc5c4oc4ccccc45)c3)c3ccc4oc5ccc6c(c5c4c3)NC(c3ccccc3)O6)cc2)cc1. The van der Waals surface area contributed by atoms with Crippen LogP contribution in [0.3, 0.4) is 0 Å². The molecule has 0 saturated carbocycles. The molecule has 5 heteroatoms. The molecule has 0 spiro atoms. The van der Waals surface area contributed by atoms with Crippen molar-refractivity contribution in [3.63, 3.8) is 0 Å². The van der Waals surface area contributed by atoms with E-state index in [0.29, 0.717) is 0 Å². The van der Waals surface area contributed by atoms with Gasteiger partial charge >= 0.3 is 0 Å². The van der Waals surface area contributed by atoms with Crippen LogP contribution in [0.1, 0.15) is 11.8 Å². The van der Waals surface area contributed by atoms with Crippen molar-refractivity contribution in [1.29, 1.82) is 0 Å². The molecule has 54 heavy (non-hydrogen) atoms. The third-order valence-corrected chi connectivity index (χ3v) is 10.5. The number of hydrogen-bond acceptors (Lipinski definition) is 5. The number of benzene rings is 8. The Labute approximate surface area is 311 Å². The fourth-order valence-electron chi connectivity index (χ4n) is 7.95. The summed E-state index contributed by atoms with van der Waals surface area (Å²) in [5.74, 6) is 0.810. The van der Waals surface area contributed by atoms with E-state index in [4.69, 9.17) is 13.6 Å². The Morgan fingerprint density at radius 1 is 0.444 bits per heavy atom. The fraction of sp³-hybridized carbons (Fsp3) is 0.0204. The predicted molar refractivity (Wildman–Crippen MR) is 220 cm³/mol. The number of fused-ring (bicyclic) bond motifs is 8. The van der Waals surface area contributed by atoms with E-state index in [1.807, 2.05) is 48.5 Å². The van der Waals surface area contributed by atoms with E-state index in [0.717, 1.165) is 94.6 Å². The van der Waals surface area contributed by atoms with Crippen LogP contribution in [0.15, 0.2) is 191 Å². The van der Waals surface area contributed by atoms with Crippen molar-refractivity contribution in [2.75, 3.05) is 10.2 Å². The van der Waals surface area contributed by atoms with Crippen LogP contribution in [0.5, 0.6) is 5.75 Å². The molecule has 2 aromatic heterocycles. The number of nitrogens with one attached hydrogen (secondary N) is 1. The average Bonchev–Trinajstić information content (AvgIpc) is 3.95. The van der Waals surface area contributed by atoms with E-state index in [-0.39, 0.29) is 6.23 Å². The molecule has 11 rings (SSSR count). The number of para-hydroxylation sites is 2. The van der Waals surface area contributed by atoms with Gasteiger partial charge in [-0.25, -0.2) is 0 Å². The maximum atomic E-state index is 6.48. The molecule has 1 aliphatic heterocycles. The maximum absolute atomic E-state index is 6.48. The zero-order valence-electron chi connectivity index (χ0n) is 29.1. The fourth-order valence-corrected chi connectivity index (χ4v) is 7.95. The van der Waals surface area contributed by atoms with E-state index in [2.05, 4.69) is 144 Å². The molecular formula is C49H32N2O3. The van der Waals surface area contributed by atoms with Crippen LogP contribution in [0, 0.1) is 0 Å². The standard InChI is InChI=1S/C49H32N2O3/c1-3-11-31(12-4-1)32-21-23-35(24-22-32)51(36-16-9-15-34(29-36)38-18-10-19-40-39-17-7-8-20-42(39)53-48(38)40)37-25-26-43-41(30-37)46-44(52-43)27-28-45-47(46)50-49(54-45)33-13-5-2-6-14-33/h1-30,49-50H. The van der Waals surface area contributed by atoms with Crippen LogP contribution in [-0.4, -0.2) is 0 Å². The number of hydrogen-bond donors (Lipinski definition) is 1. The molecule has 256 valence electrons. The minimum Gasteiger partial charge on any atom is -0.464 e. The smallest absolute Gasteiger partial charge is 0.196 e. The monoisotopic (exact) mass is 696 g/mol. The average molecular weight is 697 g/mol. The van der Waals surface area contributed by atoms with Crippen LogP contribution >= 0.6 is 0 Å². The van der Waals surface area contributed by atoms with Crippen molar-refractivity contribution in [1.82, 2.24) is 0 Å². The highest BCUT2D eigenvalue weighted by Crippen LogP contribution is 2.48. The van der Waals surface area contributed by atoms with Gasteiger partial charge in [-0.2, -0.15) is 0 Å². The highest BCUT2D eigenvalue weighted by atomic mass is 16.5. The quantitative estimate of drug-likeness (QED) is 0.188. The molecule has 8 aromatic carbocycles. The summed E-state index contributed by atoms with van der Waals surface area (Å²) in [4.78, 5) is 2.31. The van der Waals surface area contributed by atoms with Crippen LogP contribution in [0.25, 0.3) is 66.1 Å². The zero-order chi connectivity index (χ0) is 35.6. The first-order valence-electron chi connectivity index (χ1n) is 18.2. The number of anilines is 4. The molecule has 1 N–H and O–H groups in total. The molecule has 10 aromatic rings. The van der Waals surface area contributed by atoms with Gasteiger partial charge in [0.25, 0.3) is 0 Å². The lowest BCUT2D eigenvalue weighted by atomic mass is 10.0. The molecule has 0 fully saturated rings. The van der Waals surface area contributed by atoms with Crippen LogP contribution in [-0.2, 0) is 0 Å². The topological polar surface area (TPSA) is 50.8 Å². The Balaban J connectivity index is 1.07. The van der Waals surface area contributed by atoms with Crippen molar-refractivity contribution in [2.45, 2.75) is 6.23 Å². The molecule has 1 unspecified atom stereocenters. The molecule has 0 radical (unpaired) electrons. The first-order chi connectivity index (χ1) is 26.7. The molecule has 0 bridgehead atoms. The van der Waals surface area contributed by atoms with Crippen molar-refractivity contribution in [3.8, 4) is 28.0 Å². The van der Waals surface area contributed by atoms with E-state index in [1.165, 1.54) is 5.56 Å². The molecule has 0 saturated heterocycles. The maximum Gasteiger partial charge on any atom is 0.196 e. The third-order valence-electron chi connectivity index (χ3n) is 10.5. The first kappa shape index (κ1) is 30.4. The molecule has 5 nitrogen and oxygen atoms in total. The molecular weight excluding hydrogens is 665 g/mol. The Hall–Kier alpha value is -7.24. The van der Waals surface area contributed by atoms with Gasteiger partial charge in [0.2, 0.25) is 0 Å². The first-order valence-corrected chi connectivity index (χ1v) is 18.2. The molecule has 3 heterocycles. The van der Waals surface area contributed by atoms with Gasteiger partial charge in [-0.3, -0.25) is 0 Å². The lowest BCUT2D eigenvalue weighted by molar-refractivity contribution is 0.260. The van der Waals surface area contributed by atoms with E-state index < -0.39 is 0 Å². The summed E-state index contributed by atoms with van der Waals surface area (Å²) in [7, 11) is 0. The van der Waals surface area contributed by atoms with Gasteiger partial charge in [0, 0.05) is 44.3 Å². The van der Waals surface area contributed by atoms with Gasteiger partial charge in [0.15, 0.2) is 6.23 Å². The molecule has 0 amide bonds. The number of ether oxygens (including phenoxy) is 1. The Morgan fingerprint density at radius 3 is 1.98 bits per heavy atom. The molecule has 1 aliphatic rings. The second kappa shape index (κ2) is 12.2.